The first-order valence-corrected chi connectivity index (χ1v) is 35.4. The molecule has 0 aromatic carbocycles. The van der Waals surface area contributed by atoms with Gasteiger partial charge in [-0.05, 0) is 38.5 Å². The van der Waals surface area contributed by atoms with Gasteiger partial charge < -0.3 is 40.3 Å². The molecule has 1 aliphatic rings. The fraction of sp³-hybridized carbons (Fsp3) is 0.957. The van der Waals surface area contributed by atoms with Crippen LogP contribution in [0.2, 0.25) is 0 Å². The Morgan fingerprint density at radius 2 is 0.709 bits per heavy atom. The van der Waals surface area contributed by atoms with E-state index in [-0.39, 0.29) is 12.5 Å². The number of aliphatic hydroxyl groups is 5. The quantitative estimate of drug-likeness (QED) is 0.0261. The molecule has 1 saturated heterocycles. The Morgan fingerprint density at radius 3 is 1.03 bits per heavy atom. The van der Waals surface area contributed by atoms with Gasteiger partial charge in [-0.2, -0.15) is 0 Å². The molecule has 1 fully saturated rings. The van der Waals surface area contributed by atoms with E-state index in [1.165, 1.54) is 308 Å². The van der Waals surface area contributed by atoms with Gasteiger partial charge in [-0.15, -0.1) is 0 Å². The topological polar surface area (TPSA) is 149 Å². The van der Waals surface area contributed by atoms with Gasteiger partial charge >= 0.3 is 0 Å². The lowest BCUT2D eigenvalue weighted by Gasteiger charge is -2.40. The average Bonchev–Trinajstić information content (AvgIpc) is 3.47. The number of unbranched alkanes of at least 4 members (excludes halogenated alkanes) is 51. The minimum absolute atomic E-state index is 0.132. The van der Waals surface area contributed by atoms with E-state index in [1.807, 2.05) is 0 Å². The van der Waals surface area contributed by atoms with Crippen LogP contribution in [-0.2, 0) is 14.3 Å². The lowest BCUT2D eigenvalue weighted by atomic mass is 9.99. The zero-order chi connectivity index (χ0) is 57.2. The molecule has 79 heavy (non-hydrogen) atoms. The van der Waals surface area contributed by atoms with Crippen LogP contribution in [0.25, 0.3) is 0 Å². The summed E-state index contributed by atoms with van der Waals surface area (Å²) < 4.78 is 11.4. The minimum atomic E-state index is -1.55. The smallest absolute Gasteiger partial charge is 0.220 e. The van der Waals surface area contributed by atoms with Gasteiger partial charge in [-0.25, -0.2) is 0 Å². The Hall–Kier alpha value is -1.07. The molecule has 7 unspecified atom stereocenters. The Labute approximate surface area is 490 Å². The number of hydrogen-bond acceptors (Lipinski definition) is 8. The summed E-state index contributed by atoms with van der Waals surface area (Å²) in [5.41, 5.74) is 0. The molecule has 1 aliphatic heterocycles. The monoisotopic (exact) mass is 1120 g/mol. The number of carbonyl (C=O) groups is 1. The van der Waals surface area contributed by atoms with Crippen LogP contribution in [0, 0.1) is 0 Å². The Kier molecular flexibility index (Phi) is 57.7. The van der Waals surface area contributed by atoms with E-state index in [0.717, 1.165) is 38.5 Å². The zero-order valence-corrected chi connectivity index (χ0v) is 52.7. The highest BCUT2D eigenvalue weighted by Crippen LogP contribution is 2.24. The van der Waals surface area contributed by atoms with Crippen molar-refractivity contribution in [3.8, 4) is 0 Å². The highest BCUT2D eigenvalue weighted by atomic mass is 16.7. The van der Waals surface area contributed by atoms with Gasteiger partial charge in [0, 0.05) is 6.42 Å². The van der Waals surface area contributed by atoms with Crippen molar-refractivity contribution in [2.75, 3.05) is 13.2 Å². The highest BCUT2D eigenvalue weighted by molar-refractivity contribution is 5.76. The van der Waals surface area contributed by atoms with E-state index in [0.29, 0.717) is 12.8 Å². The SMILES string of the molecule is CCCCCCCCCCCCCC/C=C\CCCCCCCCCCCCCCCCCC(=O)NC(COC1OC(CO)C(O)C(O)C1O)C(O)CCCCCCCCCCCCCCCCCCCCCCCCCCC. The van der Waals surface area contributed by atoms with Crippen LogP contribution in [-0.4, -0.2) is 87.5 Å². The first-order valence-electron chi connectivity index (χ1n) is 35.4. The number of amides is 1. The standard InChI is InChI=1S/C70H137NO8/c1-3-5-7-9-11-13-15-17-19-21-23-25-27-29-30-31-32-33-34-36-38-40-42-44-46-48-50-52-54-56-58-60-66(74)71-63(62-78-70-69(77)68(76)67(75)65(61-72)79-70)64(73)59-57-55-53-51-49-47-45-43-41-39-37-35-28-26-24-22-20-18-16-14-12-10-8-6-4-2/h29-30,63-65,67-70,72-73,75-77H,3-28,31-62H2,1-2H3,(H,71,74)/b30-29-. The second-order valence-electron chi connectivity index (χ2n) is 25.0. The number of rotatable bonds is 63. The third-order valence-electron chi connectivity index (χ3n) is 17.4. The molecule has 0 radical (unpaired) electrons. The Balaban J connectivity index is 2.10. The van der Waals surface area contributed by atoms with Gasteiger partial charge in [0.2, 0.25) is 5.91 Å². The molecule has 470 valence electrons. The van der Waals surface area contributed by atoms with Gasteiger partial charge in [0.05, 0.1) is 25.4 Å². The molecule has 0 aromatic rings. The van der Waals surface area contributed by atoms with Crippen LogP contribution in [0.3, 0.4) is 0 Å². The van der Waals surface area contributed by atoms with E-state index in [4.69, 9.17) is 9.47 Å². The number of carbonyl (C=O) groups excluding carboxylic acids is 1. The Morgan fingerprint density at radius 1 is 0.418 bits per heavy atom. The van der Waals surface area contributed by atoms with Crippen molar-refractivity contribution in [1.29, 1.82) is 0 Å². The van der Waals surface area contributed by atoms with Crippen molar-refractivity contribution in [3.63, 3.8) is 0 Å². The summed E-state index contributed by atoms with van der Waals surface area (Å²) in [6, 6.07) is -0.717. The van der Waals surface area contributed by atoms with Crippen molar-refractivity contribution in [3.05, 3.63) is 12.2 Å². The summed E-state index contributed by atoms with van der Waals surface area (Å²) in [6.45, 7) is 3.90. The maximum absolute atomic E-state index is 13.2. The van der Waals surface area contributed by atoms with E-state index >= 15 is 0 Å². The fourth-order valence-electron chi connectivity index (χ4n) is 11.8. The summed E-state index contributed by atoms with van der Waals surface area (Å²) in [6.07, 6.45) is 70.0. The van der Waals surface area contributed by atoms with Crippen molar-refractivity contribution >= 4 is 5.91 Å². The molecule has 1 heterocycles. The fourth-order valence-corrected chi connectivity index (χ4v) is 11.8. The summed E-state index contributed by atoms with van der Waals surface area (Å²) in [4.78, 5) is 13.2. The lowest BCUT2D eigenvalue weighted by Crippen LogP contribution is -2.60. The first-order chi connectivity index (χ1) is 38.8. The molecule has 1 rings (SSSR count). The minimum Gasteiger partial charge on any atom is -0.394 e. The molecule has 9 heteroatoms. The molecule has 7 atom stereocenters. The highest BCUT2D eigenvalue weighted by Gasteiger charge is 2.44. The van der Waals surface area contributed by atoms with E-state index in [2.05, 4.69) is 31.3 Å². The van der Waals surface area contributed by atoms with Crippen LogP contribution in [0.1, 0.15) is 373 Å². The van der Waals surface area contributed by atoms with Gasteiger partial charge in [0.15, 0.2) is 6.29 Å². The molecule has 0 spiro atoms. The predicted molar refractivity (Wildman–Crippen MR) is 337 cm³/mol. The molecular weight excluding hydrogens is 983 g/mol. The number of allylic oxidation sites excluding steroid dienone is 2. The van der Waals surface area contributed by atoms with Crippen LogP contribution in [0.15, 0.2) is 12.2 Å². The van der Waals surface area contributed by atoms with Crippen molar-refractivity contribution in [1.82, 2.24) is 5.32 Å². The van der Waals surface area contributed by atoms with Gasteiger partial charge in [0.1, 0.15) is 24.4 Å². The molecule has 9 nitrogen and oxygen atoms in total. The number of nitrogens with one attached hydrogen (secondary N) is 1. The number of ether oxygens (including phenoxy) is 2. The van der Waals surface area contributed by atoms with E-state index < -0.39 is 49.5 Å². The van der Waals surface area contributed by atoms with Crippen LogP contribution >= 0.6 is 0 Å². The number of aliphatic hydroxyl groups excluding tert-OH is 5. The van der Waals surface area contributed by atoms with Gasteiger partial charge in [-0.3, -0.25) is 4.79 Å². The molecule has 0 aromatic heterocycles. The lowest BCUT2D eigenvalue weighted by molar-refractivity contribution is -0.302. The van der Waals surface area contributed by atoms with Crippen molar-refractivity contribution < 1.29 is 39.8 Å². The summed E-state index contributed by atoms with van der Waals surface area (Å²) >= 11 is 0. The average molecular weight is 1120 g/mol. The summed E-state index contributed by atoms with van der Waals surface area (Å²) in [5.74, 6) is -0.135. The maximum atomic E-state index is 13.2. The molecule has 6 N–H and O–H groups in total. The second kappa shape index (κ2) is 60.1. The van der Waals surface area contributed by atoms with Crippen LogP contribution < -0.4 is 5.32 Å². The maximum Gasteiger partial charge on any atom is 0.220 e. The third-order valence-corrected chi connectivity index (χ3v) is 17.4. The Bertz CT molecular complexity index is 1250. The molecule has 0 saturated carbocycles. The molecule has 1 amide bonds. The largest absolute Gasteiger partial charge is 0.394 e. The molecular formula is C70H137NO8. The molecule has 0 aliphatic carbocycles. The van der Waals surface area contributed by atoms with Crippen molar-refractivity contribution in [2.45, 2.75) is 416 Å². The normalized spacial score (nSPS) is 18.5. The summed E-state index contributed by atoms with van der Waals surface area (Å²) in [7, 11) is 0. The first kappa shape index (κ1) is 75.9. The predicted octanol–water partition coefficient (Wildman–Crippen LogP) is 19.1. The molecule has 0 bridgehead atoms. The van der Waals surface area contributed by atoms with E-state index in [1.54, 1.807) is 0 Å². The van der Waals surface area contributed by atoms with Gasteiger partial charge in [-0.1, -0.05) is 341 Å². The van der Waals surface area contributed by atoms with Gasteiger partial charge in [0.25, 0.3) is 0 Å². The van der Waals surface area contributed by atoms with Crippen LogP contribution in [0.4, 0.5) is 0 Å². The van der Waals surface area contributed by atoms with E-state index in [9.17, 15) is 30.3 Å². The summed E-state index contributed by atoms with van der Waals surface area (Å²) in [5, 5.41) is 54.9. The second-order valence-corrected chi connectivity index (χ2v) is 25.0. The number of hydrogen-bond donors (Lipinski definition) is 6. The van der Waals surface area contributed by atoms with Crippen LogP contribution in [0.5, 0.6) is 0 Å². The zero-order valence-electron chi connectivity index (χ0n) is 52.7. The third kappa shape index (κ3) is 49.0. The van der Waals surface area contributed by atoms with Crippen molar-refractivity contribution in [2.24, 2.45) is 0 Å².